The van der Waals surface area contributed by atoms with Gasteiger partial charge in [0.1, 0.15) is 0 Å². The fraction of sp³-hybridized carbons (Fsp3) is 0.385. The number of nitrogens with one attached hydrogen (secondary N) is 1. The van der Waals surface area contributed by atoms with E-state index >= 15 is 0 Å². The molecule has 3 N–H and O–H groups in total. The molecule has 0 aliphatic carbocycles. The monoisotopic (exact) mass is 260 g/mol. The maximum absolute atomic E-state index is 11.6. The molecule has 0 aromatic heterocycles. The zero-order valence-corrected chi connectivity index (χ0v) is 10.7. The van der Waals surface area contributed by atoms with Gasteiger partial charge in [0.05, 0.1) is 30.6 Å². The molecule has 1 aliphatic heterocycles. The highest BCUT2D eigenvalue weighted by molar-refractivity contribution is 5.96. The second-order valence-corrected chi connectivity index (χ2v) is 4.29. The summed E-state index contributed by atoms with van der Waals surface area (Å²) in [4.78, 5) is 13.6. The molecule has 1 heterocycles. The van der Waals surface area contributed by atoms with Gasteiger partial charge < -0.3 is 20.7 Å². The summed E-state index contributed by atoms with van der Waals surface area (Å²) < 4.78 is 5.29. The molecule has 0 bridgehead atoms. The Labute approximate surface area is 111 Å². The van der Waals surface area contributed by atoms with Crippen molar-refractivity contribution < 1.29 is 9.53 Å². The molecule has 1 fully saturated rings. The van der Waals surface area contributed by atoms with E-state index < -0.39 is 6.10 Å². The SMILES string of the molecule is CNC(=O)c1ccc(N)c(N2CCOC(C#N)C2)c1. The molecule has 1 amide bonds. The molecule has 1 unspecified atom stereocenters. The van der Waals surface area contributed by atoms with Crippen molar-refractivity contribution in [3.05, 3.63) is 23.8 Å². The van der Waals surface area contributed by atoms with E-state index in [1.165, 1.54) is 0 Å². The third kappa shape index (κ3) is 2.77. The number of carbonyl (C=O) groups is 1. The van der Waals surface area contributed by atoms with E-state index in [0.717, 1.165) is 5.69 Å². The standard InChI is InChI=1S/C13H16N4O2/c1-16-13(18)9-2-3-11(15)12(6-9)17-4-5-19-10(7-14)8-17/h2-3,6,10H,4-5,8,15H2,1H3,(H,16,18). The lowest BCUT2D eigenvalue weighted by atomic mass is 10.1. The van der Waals surface area contributed by atoms with Crippen molar-refractivity contribution in [3.63, 3.8) is 0 Å². The maximum atomic E-state index is 11.6. The highest BCUT2D eigenvalue weighted by Gasteiger charge is 2.22. The molecular weight excluding hydrogens is 244 g/mol. The molecule has 2 rings (SSSR count). The van der Waals surface area contributed by atoms with Crippen molar-refractivity contribution in [2.24, 2.45) is 0 Å². The third-order valence-corrected chi connectivity index (χ3v) is 3.07. The van der Waals surface area contributed by atoms with Gasteiger partial charge in [-0.25, -0.2) is 0 Å². The molecule has 1 saturated heterocycles. The van der Waals surface area contributed by atoms with Crippen LogP contribution in [0.15, 0.2) is 18.2 Å². The fourth-order valence-electron chi connectivity index (χ4n) is 2.05. The van der Waals surface area contributed by atoms with Gasteiger partial charge in [0.2, 0.25) is 0 Å². The Morgan fingerprint density at radius 1 is 1.63 bits per heavy atom. The summed E-state index contributed by atoms with van der Waals surface area (Å²) in [7, 11) is 1.58. The lowest BCUT2D eigenvalue weighted by molar-refractivity contribution is 0.0765. The Hall–Kier alpha value is -2.26. The van der Waals surface area contributed by atoms with Crippen LogP contribution >= 0.6 is 0 Å². The maximum Gasteiger partial charge on any atom is 0.251 e. The molecular formula is C13H16N4O2. The first kappa shape index (κ1) is 13.2. The molecule has 0 spiro atoms. The van der Waals surface area contributed by atoms with Gasteiger partial charge in [0.25, 0.3) is 5.91 Å². The van der Waals surface area contributed by atoms with Gasteiger partial charge in [0.15, 0.2) is 6.10 Å². The van der Waals surface area contributed by atoms with Crippen LogP contribution in [-0.2, 0) is 4.74 Å². The second-order valence-electron chi connectivity index (χ2n) is 4.29. The molecule has 6 nitrogen and oxygen atoms in total. The van der Waals surface area contributed by atoms with Gasteiger partial charge in [-0.3, -0.25) is 4.79 Å². The molecule has 6 heteroatoms. The first-order chi connectivity index (χ1) is 9.15. The van der Waals surface area contributed by atoms with Crippen LogP contribution in [0.1, 0.15) is 10.4 Å². The number of nitrogen functional groups attached to an aromatic ring is 1. The summed E-state index contributed by atoms with van der Waals surface area (Å²) in [5, 5.41) is 11.5. The highest BCUT2D eigenvalue weighted by Crippen LogP contribution is 2.26. The van der Waals surface area contributed by atoms with E-state index in [-0.39, 0.29) is 5.91 Å². The normalized spacial score (nSPS) is 18.7. The largest absolute Gasteiger partial charge is 0.397 e. The van der Waals surface area contributed by atoms with E-state index in [4.69, 9.17) is 15.7 Å². The number of hydrogen-bond acceptors (Lipinski definition) is 5. The van der Waals surface area contributed by atoms with E-state index in [1.54, 1.807) is 25.2 Å². The average Bonchev–Trinajstić information content (AvgIpc) is 2.47. The fourth-order valence-corrected chi connectivity index (χ4v) is 2.05. The zero-order valence-electron chi connectivity index (χ0n) is 10.7. The topological polar surface area (TPSA) is 91.4 Å². The van der Waals surface area contributed by atoms with E-state index in [1.807, 2.05) is 4.90 Å². The van der Waals surface area contributed by atoms with Gasteiger partial charge in [-0.1, -0.05) is 0 Å². The van der Waals surface area contributed by atoms with Gasteiger partial charge in [0, 0.05) is 19.2 Å². The van der Waals surface area contributed by atoms with Crippen molar-refractivity contribution in [2.45, 2.75) is 6.10 Å². The number of rotatable bonds is 2. The quantitative estimate of drug-likeness (QED) is 0.749. The van der Waals surface area contributed by atoms with Crippen LogP contribution in [0.4, 0.5) is 11.4 Å². The van der Waals surface area contributed by atoms with Gasteiger partial charge in [-0.2, -0.15) is 5.26 Å². The molecule has 0 radical (unpaired) electrons. The molecule has 1 aromatic rings. The number of morpholine rings is 1. The predicted molar refractivity (Wildman–Crippen MR) is 71.8 cm³/mol. The number of benzene rings is 1. The Balaban J connectivity index is 2.28. The van der Waals surface area contributed by atoms with E-state index in [0.29, 0.717) is 30.9 Å². The predicted octanol–water partition coefficient (Wildman–Crippen LogP) is 0.357. The minimum absolute atomic E-state index is 0.161. The smallest absolute Gasteiger partial charge is 0.251 e. The average molecular weight is 260 g/mol. The van der Waals surface area contributed by atoms with Crippen molar-refractivity contribution >= 4 is 17.3 Å². The summed E-state index contributed by atoms with van der Waals surface area (Å²) in [6.07, 6.45) is -0.461. The molecule has 0 saturated carbocycles. The van der Waals surface area contributed by atoms with Crippen molar-refractivity contribution in [3.8, 4) is 6.07 Å². The minimum Gasteiger partial charge on any atom is -0.397 e. The Morgan fingerprint density at radius 2 is 2.42 bits per heavy atom. The summed E-state index contributed by atoms with van der Waals surface area (Å²) >= 11 is 0. The summed E-state index contributed by atoms with van der Waals surface area (Å²) in [5.41, 5.74) is 7.86. The second kappa shape index (κ2) is 5.59. The van der Waals surface area contributed by atoms with Crippen LogP contribution in [-0.4, -0.2) is 38.8 Å². The van der Waals surface area contributed by atoms with E-state index in [2.05, 4.69) is 11.4 Å². The Morgan fingerprint density at radius 3 is 3.11 bits per heavy atom. The van der Waals surface area contributed by atoms with Gasteiger partial charge in [-0.15, -0.1) is 0 Å². The van der Waals surface area contributed by atoms with Crippen molar-refractivity contribution in [1.29, 1.82) is 5.26 Å². The summed E-state index contributed by atoms with van der Waals surface area (Å²) in [6.45, 7) is 1.58. The first-order valence-corrected chi connectivity index (χ1v) is 6.03. The van der Waals surface area contributed by atoms with Gasteiger partial charge >= 0.3 is 0 Å². The highest BCUT2D eigenvalue weighted by atomic mass is 16.5. The number of ether oxygens (including phenoxy) is 1. The van der Waals surface area contributed by atoms with Crippen LogP contribution in [0.25, 0.3) is 0 Å². The summed E-state index contributed by atoms with van der Waals surface area (Å²) in [6, 6.07) is 7.22. The van der Waals surface area contributed by atoms with Crippen LogP contribution in [0.3, 0.4) is 0 Å². The molecule has 1 aromatic carbocycles. The number of nitrogens with two attached hydrogens (primary N) is 1. The molecule has 1 atom stereocenters. The zero-order chi connectivity index (χ0) is 13.8. The number of hydrogen-bond donors (Lipinski definition) is 2. The minimum atomic E-state index is -0.461. The number of nitriles is 1. The number of amides is 1. The Bertz CT molecular complexity index is 524. The van der Waals surface area contributed by atoms with Crippen LogP contribution < -0.4 is 16.0 Å². The van der Waals surface area contributed by atoms with Gasteiger partial charge in [-0.05, 0) is 18.2 Å². The van der Waals surface area contributed by atoms with Crippen LogP contribution in [0.5, 0.6) is 0 Å². The molecule has 19 heavy (non-hydrogen) atoms. The molecule has 1 aliphatic rings. The third-order valence-electron chi connectivity index (χ3n) is 3.07. The lowest BCUT2D eigenvalue weighted by Gasteiger charge is -2.32. The summed E-state index contributed by atoms with van der Waals surface area (Å²) in [5.74, 6) is -0.161. The van der Waals surface area contributed by atoms with Crippen molar-refractivity contribution in [1.82, 2.24) is 5.32 Å². The number of anilines is 2. The van der Waals surface area contributed by atoms with Crippen molar-refractivity contribution in [2.75, 3.05) is 37.4 Å². The Kier molecular flexibility index (Phi) is 3.88. The van der Waals surface area contributed by atoms with Crippen LogP contribution in [0.2, 0.25) is 0 Å². The lowest BCUT2D eigenvalue weighted by Crippen LogP contribution is -2.42. The van der Waals surface area contributed by atoms with Crippen LogP contribution in [0, 0.1) is 11.3 Å². The molecule has 100 valence electrons. The first-order valence-electron chi connectivity index (χ1n) is 6.03. The number of carbonyl (C=O) groups excluding carboxylic acids is 1. The number of nitrogens with zero attached hydrogens (tertiary/aromatic N) is 2. The van der Waals surface area contributed by atoms with E-state index in [9.17, 15) is 4.79 Å².